The van der Waals surface area contributed by atoms with Crippen LogP contribution < -0.4 is 48.0 Å². The van der Waals surface area contributed by atoms with Crippen molar-refractivity contribution in [3.63, 3.8) is 0 Å². The van der Waals surface area contributed by atoms with E-state index >= 15 is 0 Å². The van der Waals surface area contributed by atoms with Crippen LogP contribution in [0.25, 0.3) is 0 Å². The lowest BCUT2D eigenvalue weighted by Gasteiger charge is -2.43. The Bertz CT molecular complexity index is 198. The zero-order chi connectivity index (χ0) is 11.5. The van der Waals surface area contributed by atoms with Crippen LogP contribution in [0.2, 0.25) is 0 Å². The fourth-order valence-corrected chi connectivity index (χ4v) is 3.48. The van der Waals surface area contributed by atoms with E-state index < -0.39 is 0 Å². The predicted molar refractivity (Wildman–Crippen MR) is 69.3 cm³/mol. The second-order valence-corrected chi connectivity index (χ2v) is 6.70. The van der Waals surface area contributed by atoms with Crippen LogP contribution in [-0.2, 0) is 0 Å². The SMILES string of the molecule is C[N+]1(CC[N+]2(C)CCCCC2)CCCCC1.[I-].[I-]. The highest BCUT2D eigenvalue weighted by Gasteiger charge is 2.31. The van der Waals surface area contributed by atoms with Crippen LogP contribution in [0.4, 0.5) is 0 Å². The Labute approximate surface area is 148 Å². The average Bonchev–Trinajstić information content (AvgIpc) is 2.29. The minimum absolute atomic E-state index is 0. The van der Waals surface area contributed by atoms with Crippen LogP contribution in [0.5, 0.6) is 0 Å². The molecule has 2 aliphatic heterocycles. The molecular weight excluding hydrogens is 450 g/mol. The maximum Gasteiger partial charge on any atom is 0.128 e. The Kier molecular flexibility index (Phi) is 9.28. The maximum absolute atomic E-state index is 2.48. The maximum atomic E-state index is 2.48. The van der Waals surface area contributed by atoms with Gasteiger partial charge in [-0.3, -0.25) is 0 Å². The first-order valence-corrected chi connectivity index (χ1v) is 7.29. The van der Waals surface area contributed by atoms with Crippen molar-refractivity contribution in [2.24, 2.45) is 0 Å². The molecule has 18 heavy (non-hydrogen) atoms. The Morgan fingerprint density at radius 1 is 0.556 bits per heavy atom. The molecule has 0 atom stereocenters. The van der Waals surface area contributed by atoms with E-state index in [4.69, 9.17) is 0 Å². The molecule has 4 heteroatoms. The lowest BCUT2D eigenvalue weighted by molar-refractivity contribution is -0.967. The summed E-state index contributed by atoms with van der Waals surface area (Å²) in [5.74, 6) is 0. The summed E-state index contributed by atoms with van der Waals surface area (Å²) in [5, 5.41) is 0. The average molecular weight is 480 g/mol. The molecule has 0 bridgehead atoms. The van der Waals surface area contributed by atoms with Crippen molar-refractivity contribution < 1.29 is 56.9 Å². The van der Waals surface area contributed by atoms with Gasteiger partial charge in [0.05, 0.1) is 40.3 Å². The highest BCUT2D eigenvalue weighted by molar-refractivity contribution is 4.55. The summed E-state index contributed by atoms with van der Waals surface area (Å²) >= 11 is 0. The highest BCUT2D eigenvalue weighted by Crippen LogP contribution is 2.20. The fourth-order valence-electron chi connectivity index (χ4n) is 3.48. The molecule has 0 N–H and O–H groups in total. The molecule has 2 rings (SSSR count). The van der Waals surface area contributed by atoms with Crippen LogP contribution in [-0.4, -0.2) is 62.3 Å². The van der Waals surface area contributed by atoms with Gasteiger partial charge in [0.15, 0.2) is 0 Å². The number of piperidine rings is 2. The molecule has 2 heterocycles. The van der Waals surface area contributed by atoms with Crippen LogP contribution in [0.1, 0.15) is 38.5 Å². The van der Waals surface area contributed by atoms with Gasteiger partial charge in [-0.2, -0.15) is 0 Å². The van der Waals surface area contributed by atoms with Gasteiger partial charge < -0.3 is 56.9 Å². The van der Waals surface area contributed by atoms with Gasteiger partial charge in [0.1, 0.15) is 13.1 Å². The van der Waals surface area contributed by atoms with Crippen LogP contribution >= 0.6 is 0 Å². The summed E-state index contributed by atoms with van der Waals surface area (Å²) in [5.41, 5.74) is 0. The third-order valence-electron chi connectivity index (χ3n) is 4.97. The molecule has 0 aromatic carbocycles. The first-order chi connectivity index (χ1) is 7.62. The van der Waals surface area contributed by atoms with E-state index in [9.17, 15) is 0 Å². The van der Waals surface area contributed by atoms with Crippen LogP contribution in [0.15, 0.2) is 0 Å². The molecule has 0 radical (unpaired) electrons. The molecule has 0 aromatic rings. The minimum atomic E-state index is 0. The van der Waals surface area contributed by atoms with E-state index in [1.165, 1.54) is 86.8 Å². The smallest absolute Gasteiger partial charge is 0.128 e. The first-order valence-electron chi connectivity index (χ1n) is 7.29. The van der Waals surface area contributed by atoms with Gasteiger partial charge in [-0.1, -0.05) is 0 Å². The number of likely N-dealkylation sites (tertiary alicyclic amines) is 2. The van der Waals surface area contributed by atoms with E-state index in [0.717, 1.165) is 0 Å². The summed E-state index contributed by atoms with van der Waals surface area (Å²) in [4.78, 5) is 0. The van der Waals surface area contributed by atoms with Gasteiger partial charge in [0.25, 0.3) is 0 Å². The zero-order valence-corrected chi connectivity index (χ0v) is 16.5. The van der Waals surface area contributed by atoms with Gasteiger partial charge in [-0.25, -0.2) is 0 Å². The lowest BCUT2D eigenvalue weighted by atomic mass is 10.1. The van der Waals surface area contributed by atoms with E-state index in [0.29, 0.717) is 0 Å². The third-order valence-corrected chi connectivity index (χ3v) is 4.97. The molecule has 0 saturated carbocycles. The number of hydrogen-bond acceptors (Lipinski definition) is 0. The van der Waals surface area contributed by atoms with Gasteiger partial charge in [0.2, 0.25) is 0 Å². The van der Waals surface area contributed by atoms with E-state index in [2.05, 4.69) is 14.1 Å². The summed E-state index contributed by atoms with van der Waals surface area (Å²) < 4.78 is 2.71. The fraction of sp³-hybridized carbons (Fsp3) is 1.00. The Morgan fingerprint density at radius 2 is 0.833 bits per heavy atom. The summed E-state index contributed by atoms with van der Waals surface area (Å²) in [6.45, 7) is 8.55. The molecule has 110 valence electrons. The summed E-state index contributed by atoms with van der Waals surface area (Å²) in [6, 6.07) is 0. The standard InChI is InChI=1S/C14H30N2.2HI/c1-15(9-5-3-6-10-15)13-14-16(2)11-7-4-8-12-16;;/h3-14H2,1-2H3;2*1H/q+2;;/p-2. The monoisotopic (exact) mass is 480 g/mol. The van der Waals surface area contributed by atoms with Crippen LogP contribution in [0, 0.1) is 0 Å². The number of likely N-dealkylation sites (N-methyl/N-ethyl adjacent to an activating group) is 2. The van der Waals surface area contributed by atoms with Gasteiger partial charge >= 0.3 is 0 Å². The van der Waals surface area contributed by atoms with Crippen molar-refractivity contribution in [3.05, 3.63) is 0 Å². The number of halogens is 2. The van der Waals surface area contributed by atoms with Crippen LogP contribution in [0.3, 0.4) is 0 Å². The molecule has 2 nitrogen and oxygen atoms in total. The zero-order valence-electron chi connectivity index (χ0n) is 12.1. The van der Waals surface area contributed by atoms with Crippen molar-refractivity contribution >= 4 is 0 Å². The van der Waals surface area contributed by atoms with Crippen molar-refractivity contribution in [3.8, 4) is 0 Å². The molecular formula is C14H30I2N2. The van der Waals surface area contributed by atoms with Gasteiger partial charge in [-0.05, 0) is 38.5 Å². The Balaban J connectivity index is 0.00000144. The Hall–Kier alpha value is 1.38. The van der Waals surface area contributed by atoms with Gasteiger partial charge in [-0.15, -0.1) is 0 Å². The van der Waals surface area contributed by atoms with Crippen molar-refractivity contribution in [2.75, 3.05) is 53.4 Å². The minimum Gasteiger partial charge on any atom is -1.00 e. The quantitative estimate of drug-likeness (QED) is 0.288. The number of quaternary nitrogens is 2. The molecule has 0 amide bonds. The molecule has 0 spiro atoms. The molecule has 2 saturated heterocycles. The van der Waals surface area contributed by atoms with E-state index in [-0.39, 0.29) is 48.0 Å². The van der Waals surface area contributed by atoms with Crippen molar-refractivity contribution in [2.45, 2.75) is 38.5 Å². The number of hydrogen-bond donors (Lipinski definition) is 0. The molecule has 2 fully saturated rings. The number of rotatable bonds is 3. The first kappa shape index (κ1) is 19.4. The second kappa shape index (κ2) is 8.62. The summed E-state index contributed by atoms with van der Waals surface area (Å²) in [6.07, 6.45) is 8.78. The molecule has 0 aliphatic carbocycles. The molecule has 0 aromatic heterocycles. The number of nitrogens with zero attached hydrogens (tertiary/aromatic N) is 2. The second-order valence-electron chi connectivity index (χ2n) is 6.70. The predicted octanol–water partition coefficient (Wildman–Crippen LogP) is -3.74. The molecule has 2 aliphatic rings. The van der Waals surface area contributed by atoms with Gasteiger partial charge in [0, 0.05) is 0 Å². The highest BCUT2D eigenvalue weighted by atomic mass is 127. The van der Waals surface area contributed by atoms with Crippen molar-refractivity contribution in [1.82, 2.24) is 0 Å². The largest absolute Gasteiger partial charge is 1.00 e. The van der Waals surface area contributed by atoms with E-state index in [1.807, 2.05) is 0 Å². The normalized spacial score (nSPS) is 25.7. The third kappa shape index (κ3) is 5.79. The Morgan fingerprint density at radius 3 is 1.11 bits per heavy atom. The topological polar surface area (TPSA) is 0 Å². The summed E-state index contributed by atoms with van der Waals surface area (Å²) in [7, 11) is 4.96. The van der Waals surface area contributed by atoms with Crippen molar-refractivity contribution in [1.29, 1.82) is 0 Å². The lowest BCUT2D eigenvalue weighted by Crippen LogP contribution is -3.00. The van der Waals surface area contributed by atoms with E-state index in [1.54, 1.807) is 0 Å². The molecule has 0 unspecified atom stereocenters.